The van der Waals surface area contributed by atoms with E-state index in [0.29, 0.717) is 12.1 Å². The lowest BCUT2D eigenvalue weighted by Gasteiger charge is -2.18. The van der Waals surface area contributed by atoms with Gasteiger partial charge in [0.15, 0.2) is 0 Å². The van der Waals surface area contributed by atoms with E-state index in [4.69, 9.17) is 5.73 Å². The first-order chi connectivity index (χ1) is 6.88. The zero-order valence-electron chi connectivity index (χ0n) is 8.29. The third-order valence-corrected chi connectivity index (χ3v) is 1.88. The van der Waals surface area contributed by atoms with Gasteiger partial charge in [-0.05, 0) is 13.3 Å². The molecule has 0 spiro atoms. The summed E-state index contributed by atoms with van der Waals surface area (Å²) in [7, 11) is 0. The molecule has 0 fully saturated rings. The summed E-state index contributed by atoms with van der Waals surface area (Å²) in [5.41, 5.74) is 6.24. The van der Waals surface area contributed by atoms with Crippen LogP contribution in [0.1, 0.15) is 13.3 Å². The van der Waals surface area contributed by atoms with Gasteiger partial charge in [0.2, 0.25) is 0 Å². The van der Waals surface area contributed by atoms with E-state index in [-0.39, 0.29) is 6.04 Å². The molecule has 6 heteroatoms. The van der Waals surface area contributed by atoms with Crippen LogP contribution in [0.2, 0.25) is 0 Å². The zero-order valence-corrected chi connectivity index (χ0v) is 8.29. The zero-order chi connectivity index (χ0) is 11.5. The second-order valence-corrected chi connectivity index (χ2v) is 3.40. The van der Waals surface area contributed by atoms with Crippen molar-refractivity contribution >= 4 is 6.21 Å². The second kappa shape index (κ2) is 4.76. The molecule has 0 aliphatic carbocycles. The van der Waals surface area contributed by atoms with Crippen LogP contribution in [0.4, 0.5) is 13.2 Å². The van der Waals surface area contributed by atoms with Crippen LogP contribution >= 0.6 is 0 Å². The van der Waals surface area contributed by atoms with Crippen LogP contribution in [-0.2, 0) is 4.74 Å². The van der Waals surface area contributed by atoms with Crippen LogP contribution in [0, 0.1) is 0 Å². The van der Waals surface area contributed by atoms with E-state index in [1.807, 2.05) is 0 Å². The van der Waals surface area contributed by atoms with Crippen LogP contribution in [-0.4, -0.2) is 31.1 Å². The lowest BCUT2D eigenvalue weighted by atomic mass is 10.1. The molecule has 0 amide bonds. The number of nitrogens with two attached hydrogens (primary N) is 1. The molecular weight excluding hydrogens is 209 g/mol. The van der Waals surface area contributed by atoms with Crippen LogP contribution in [0.25, 0.3) is 0 Å². The molecule has 0 aromatic heterocycles. The Morgan fingerprint density at radius 3 is 2.73 bits per heavy atom. The molecule has 1 aliphatic heterocycles. The summed E-state index contributed by atoms with van der Waals surface area (Å²) in [5, 5.41) is 0. The second-order valence-electron chi connectivity index (χ2n) is 3.40. The molecule has 2 N–H and O–H groups in total. The van der Waals surface area contributed by atoms with Gasteiger partial charge in [-0.25, -0.2) is 0 Å². The first kappa shape index (κ1) is 12.2. The lowest BCUT2D eigenvalue weighted by molar-refractivity contribution is -0.178. The Labute approximate surface area is 85.8 Å². The van der Waals surface area contributed by atoms with Gasteiger partial charge in [0, 0.05) is 12.3 Å². The van der Waals surface area contributed by atoms with E-state index in [1.54, 1.807) is 13.0 Å². The first-order valence-electron chi connectivity index (χ1n) is 4.56. The summed E-state index contributed by atoms with van der Waals surface area (Å²) < 4.78 is 40.0. The van der Waals surface area contributed by atoms with Crippen molar-refractivity contribution in [1.29, 1.82) is 0 Å². The average molecular weight is 222 g/mol. The highest BCUT2D eigenvalue weighted by Crippen LogP contribution is 2.18. The summed E-state index contributed by atoms with van der Waals surface area (Å²) in [6, 6.07) is -0.204. The monoisotopic (exact) mass is 222 g/mol. The predicted octanol–water partition coefficient (Wildman–Crippen LogP) is 1.64. The van der Waals surface area contributed by atoms with Crippen LogP contribution in [0.3, 0.4) is 0 Å². The number of alkyl halides is 3. The molecule has 15 heavy (non-hydrogen) atoms. The number of halogens is 3. The van der Waals surface area contributed by atoms with E-state index in [2.05, 4.69) is 9.73 Å². The molecule has 1 heterocycles. The van der Waals surface area contributed by atoms with Gasteiger partial charge in [-0.3, -0.25) is 4.99 Å². The Hall–Kier alpha value is -0.880. The molecule has 1 unspecified atom stereocenters. The molecule has 3 nitrogen and oxygen atoms in total. The summed E-state index contributed by atoms with van der Waals surface area (Å²) in [4.78, 5) is 3.93. The molecule has 1 rings (SSSR count). The van der Waals surface area contributed by atoms with E-state index in [9.17, 15) is 13.2 Å². The van der Waals surface area contributed by atoms with Crippen molar-refractivity contribution in [2.75, 3.05) is 6.61 Å². The van der Waals surface area contributed by atoms with Gasteiger partial charge >= 0.3 is 6.18 Å². The molecule has 2 atom stereocenters. The summed E-state index contributed by atoms with van der Waals surface area (Å²) in [5.74, 6) is 0. The minimum absolute atomic E-state index is 0.204. The van der Waals surface area contributed by atoms with Crippen LogP contribution in [0.5, 0.6) is 0 Å². The highest BCUT2D eigenvalue weighted by atomic mass is 19.4. The largest absolute Gasteiger partial charge is 0.411 e. The van der Waals surface area contributed by atoms with E-state index >= 15 is 0 Å². The van der Waals surface area contributed by atoms with Gasteiger partial charge in [0.05, 0.1) is 11.8 Å². The van der Waals surface area contributed by atoms with Gasteiger partial charge in [-0.15, -0.1) is 0 Å². The normalized spacial score (nSPS) is 23.8. The molecule has 0 saturated carbocycles. The number of aliphatic imine (C=N–C) groups is 1. The fourth-order valence-electron chi connectivity index (χ4n) is 1.14. The molecule has 1 aliphatic rings. The van der Waals surface area contributed by atoms with Crippen molar-refractivity contribution in [1.82, 2.24) is 0 Å². The van der Waals surface area contributed by atoms with Gasteiger partial charge in [-0.2, -0.15) is 13.2 Å². The Morgan fingerprint density at radius 1 is 1.67 bits per heavy atom. The van der Waals surface area contributed by atoms with E-state index in [1.165, 1.54) is 6.21 Å². The minimum Gasteiger partial charge on any atom is -0.363 e. The fourth-order valence-corrected chi connectivity index (χ4v) is 1.14. The maximum atomic E-state index is 11.8. The van der Waals surface area contributed by atoms with E-state index in [0.717, 1.165) is 0 Å². The Balaban J connectivity index is 2.37. The number of hydrogen-bond acceptors (Lipinski definition) is 3. The molecule has 0 aromatic carbocycles. The number of hydrogen-bond donors (Lipinski definition) is 1. The Kier molecular flexibility index (Phi) is 3.87. The number of ether oxygens (including phenoxy) is 1. The lowest BCUT2D eigenvalue weighted by Crippen LogP contribution is -2.27. The van der Waals surface area contributed by atoms with Crippen molar-refractivity contribution < 1.29 is 17.9 Å². The highest BCUT2D eigenvalue weighted by molar-refractivity contribution is 5.66. The Morgan fingerprint density at radius 2 is 2.33 bits per heavy atom. The van der Waals surface area contributed by atoms with Gasteiger partial charge in [-0.1, -0.05) is 6.08 Å². The van der Waals surface area contributed by atoms with Crippen LogP contribution in [0.15, 0.2) is 16.8 Å². The van der Waals surface area contributed by atoms with Gasteiger partial charge < -0.3 is 10.5 Å². The van der Waals surface area contributed by atoms with E-state index < -0.39 is 18.9 Å². The standard InChI is InChI=1S/C9H13F3N2O/c1-6(13)8-3-2-7(4-14-8)15-5-9(10,11)12/h3-4,6-7H,2,5,13H2,1H3/t6-,7?/m1/s1. The maximum absolute atomic E-state index is 11.8. The summed E-state index contributed by atoms with van der Waals surface area (Å²) in [6.07, 6.45) is -1.44. The third kappa shape index (κ3) is 4.44. The molecule has 86 valence electrons. The molecular formula is C9H13F3N2O. The quantitative estimate of drug-likeness (QED) is 0.789. The smallest absolute Gasteiger partial charge is 0.363 e. The summed E-state index contributed by atoms with van der Waals surface area (Å²) >= 11 is 0. The summed E-state index contributed by atoms with van der Waals surface area (Å²) in [6.45, 7) is 0.519. The van der Waals surface area contributed by atoms with Crippen molar-refractivity contribution in [2.24, 2.45) is 10.7 Å². The molecule has 0 radical (unpaired) electrons. The maximum Gasteiger partial charge on any atom is 0.411 e. The van der Waals surface area contributed by atoms with Crippen molar-refractivity contribution in [3.63, 3.8) is 0 Å². The fraction of sp³-hybridized carbons (Fsp3) is 0.667. The van der Waals surface area contributed by atoms with Crippen molar-refractivity contribution in [2.45, 2.75) is 31.7 Å². The third-order valence-electron chi connectivity index (χ3n) is 1.88. The highest BCUT2D eigenvalue weighted by Gasteiger charge is 2.29. The molecule has 0 bridgehead atoms. The number of rotatable bonds is 3. The first-order valence-corrected chi connectivity index (χ1v) is 4.56. The minimum atomic E-state index is -4.29. The van der Waals surface area contributed by atoms with Gasteiger partial charge in [0.25, 0.3) is 0 Å². The molecule has 0 saturated heterocycles. The van der Waals surface area contributed by atoms with Crippen molar-refractivity contribution in [3.8, 4) is 0 Å². The topological polar surface area (TPSA) is 47.6 Å². The van der Waals surface area contributed by atoms with Gasteiger partial charge in [0.1, 0.15) is 6.61 Å². The SMILES string of the molecule is C[C@@H](N)C1=CCC(OCC(F)(F)F)C=N1. The predicted molar refractivity (Wildman–Crippen MR) is 50.6 cm³/mol. The number of nitrogens with zero attached hydrogens (tertiary/aromatic N) is 1. The van der Waals surface area contributed by atoms with Crippen LogP contribution < -0.4 is 5.73 Å². The average Bonchev–Trinajstić information content (AvgIpc) is 2.14. The van der Waals surface area contributed by atoms with Crippen molar-refractivity contribution in [3.05, 3.63) is 11.8 Å². The molecule has 0 aromatic rings. The Bertz CT molecular complexity index is 271.